The molecule has 124 valence electrons. The number of hydrogen-bond acceptors (Lipinski definition) is 3. The minimum atomic E-state index is -1.84. The molecular weight excluding hydrogens is 330 g/mol. The standard InChI is InChI=1S/C16H9F4NO3/c17-8-5-9(18)14(20)12(13(8)19)16(23)21-10-6-24-11-4-2-1-3-7(11)15(10)22/h1-5,10H,6H2,(H,21,23). The Morgan fingerprint density at radius 2 is 1.71 bits per heavy atom. The minimum absolute atomic E-state index is 0.00738. The normalized spacial score (nSPS) is 16.3. The van der Waals surface area contributed by atoms with Crippen LogP contribution in [-0.4, -0.2) is 24.3 Å². The molecule has 0 aliphatic carbocycles. The summed E-state index contributed by atoms with van der Waals surface area (Å²) in [6, 6.07) is 4.98. The van der Waals surface area contributed by atoms with Crippen LogP contribution >= 0.6 is 0 Å². The molecule has 1 heterocycles. The number of amides is 1. The SMILES string of the molecule is O=C(NC1COc2ccccc2C1=O)c1c(F)c(F)cc(F)c1F. The van der Waals surface area contributed by atoms with E-state index in [-0.39, 0.29) is 18.2 Å². The Bertz CT molecular complexity index is 827. The number of nitrogens with one attached hydrogen (secondary N) is 1. The van der Waals surface area contributed by atoms with Crippen LogP contribution < -0.4 is 10.1 Å². The number of carbonyl (C=O) groups is 2. The third kappa shape index (κ3) is 2.60. The van der Waals surface area contributed by atoms with Crippen LogP contribution in [0.15, 0.2) is 30.3 Å². The van der Waals surface area contributed by atoms with Gasteiger partial charge in [0.25, 0.3) is 5.91 Å². The molecule has 1 N–H and O–H groups in total. The number of Topliss-reactive ketones (excluding diaryl/α,β-unsaturated/α-hetero) is 1. The van der Waals surface area contributed by atoms with E-state index in [1.54, 1.807) is 18.2 Å². The molecule has 0 fully saturated rings. The highest BCUT2D eigenvalue weighted by molar-refractivity contribution is 6.06. The number of halogens is 4. The molecule has 8 heteroatoms. The van der Waals surface area contributed by atoms with Crippen molar-refractivity contribution in [1.29, 1.82) is 0 Å². The van der Waals surface area contributed by atoms with Crippen molar-refractivity contribution in [2.24, 2.45) is 0 Å². The second kappa shape index (κ2) is 5.95. The first-order chi connectivity index (χ1) is 11.4. The van der Waals surface area contributed by atoms with Crippen LogP contribution in [0.5, 0.6) is 5.75 Å². The molecule has 0 spiro atoms. The van der Waals surface area contributed by atoms with E-state index in [9.17, 15) is 27.2 Å². The first kappa shape index (κ1) is 16.0. The summed E-state index contributed by atoms with van der Waals surface area (Å²) >= 11 is 0. The number of ketones is 1. The Hall–Kier alpha value is -2.90. The summed E-state index contributed by atoms with van der Waals surface area (Å²) in [6.07, 6.45) is 0. The Morgan fingerprint density at radius 3 is 2.38 bits per heavy atom. The summed E-state index contributed by atoms with van der Waals surface area (Å²) in [5.74, 6) is -8.78. The minimum Gasteiger partial charge on any atom is -0.490 e. The highest BCUT2D eigenvalue weighted by atomic mass is 19.2. The van der Waals surface area contributed by atoms with Crippen LogP contribution in [0.4, 0.5) is 17.6 Å². The predicted molar refractivity (Wildman–Crippen MR) is 73.8 cm³/mol. The third-order valence-electron chi connectivity index (χ3n) is 3.52. The number of benzene rings is 2. The molecule has 2 aromatic rings. The smallest absolute Gasteiger partial charge is 0.258 e. The molecule has 1 aliphatic rings. The van der Waals surface area contributed by atoms with Gasteiger partial charge in [-0.2, -0.15) is 0 Å². The average Bonchev–Trinajstić information content (AvgIpc) is 2.56. The summed E-state index contributed by atoms with van der Waals surface area (Å²) in [7, 11) is 0. The molecule has 0 radical (unpaired) electrons. The third-order valence-corrected chi connectivity index (χ3v) is 3.52. The quantitative estimate of drug-likeness (QED) is 0.676. The molecule has 3 rings (SSSR count). The summed E-state index contributed by atoms with van der Waals surface area (Å²) in [5.41, 5.74) is -1.25. The molecule has 0 bridgehead atoms. The maximum atomic E-state index is 13.6. The maximum absolute atomic E-state index is 13.6. The van der Waals surface area contributed by atoms with Crippen molar-refractivity contribution in [2.45, 2.75) is 6.04 Å². The van der Waals surface area contributed by atoms with Gasteiger partial charge in [0.05, 0.1) is 5.56 Å². The van der Waals surface area contributed by atoms with Gasteiger partial charge in [-0.05, 0) is 12.1 Å². The van der Waals surface area contributed by atoms with Crippen LogP contribution in [0, 0.1) is 23.3 Å². The van der Waals surface area contributed by atoms with E-state index >= 15 is 0 Å². The Labute approximate surface area is 133 Å². The lowest BCUT2D eigenvalue weighted by Gasteiger charge is -2.24. The average molecular weight is 339 g/mol. The van der Waals surface area contributed by atoms with Gasteiger partial charge in [0.1, 0.15) is 24.0 Å². The molecule has 2 aromatic carbocycles. The van der Waals surface area contributed by atoms with Gasteiger partial charge in [-0.15, -0.1) is 0 Å². The van der Waals surface area contributed by atoms with Crippen molar-refractivity contribution in [2.75, 3.05) is 6.61 Å². The van der Waals surface area contributed by atoms with Gasteiger partial charge in [-0.3, -0.25) is 9.59 Å². The fraction of sp³-hybridized carbons (Fsp3) is 0.125. The van der Waals surface area contributed by atoms with Gasteiger partial charge < -0.3 is 10.1 Å². The highest BCUT2D eigenvalue weighted by Gasteiger charge is 2.32. The van der Waals surface area contributed by atoms with Gasteiger partial charge in [0, 0.05) is 6.07 Å². The molecule has 1 amide bonds. The number of fused-ring (bicyclic) bond motifs is 1. The Morgan fingerprint density at radius 1 is 1.08 bits per heavy atom. The summed E-state index contributed by atoms with van der Waals surface area (Å²) in [4.78, 5) is 24.2. The second-order valence-corrected chi connectivity index (χ2v) is 5.04. The molecule has 0 aromatic heterocycles. The zero-order valence-corrected chi connectivity index (χ0v) is 11.9. The van der Waals surface area contributed by atoms with E-state index < -0.39 is 46.6 Å². The van der Waals surface area contributed by atoms with Crippen molar-refractivity contribution < 1.29 is 31.9 Å². The van der Waals surface area contributed by atoms with Gasteiger partial charge in [-0.25, -0.2) is 17.6 Å². The van der Waals surface area contributed by atoms with Crippen LogP contribution in [0.25, 0.3) is 0 Å². The van der Waals surface area contributed by atoms with Gasteiger partial charge in [0.2, 0.25) is 0 Å². The van der Waals surface area contributed by atoms with Gasteiger partial charge in [-0.1, -0.05) is 12.1 Å². The monoisotopic (exact) mass is 339 g/mol. The molecule has 0 saturated carbocycles. The molecule has 4 nitrogen and oxygen atoms in total. The van der Waals surface area contributed by atoms with Crippen LogP contribution in [-0.2, 0) is 0 Å². The lowest BCUT2D eigenvalue weighted by atomic mass is 10.0. The van der Waals surface area contributed by atoms with Crippen LogP contribution in [0.3, 0.4) is 0 Å². The molecule has 24 heavy (non-hydrogen) atoms. The van der Waals surface area contributed by atoms with Crippen LogP contribution in [0.2, 0.25) is 0 Å². The van der Waals surface area contributed by atoms with Crippen molar-refractivity contribution in [3.05, 3.63) is 64.7 Å². The number of carbonyl (C=O) groups excluding carboxylic acids is 2. The molecule has 1 unspecified atom stereocenters. The molecule has 0 saturated heterocycles. The van der Waals surface area contributed by atoms with Gasteiger partial charge >= 0.3 is 0 Å². The lowest BCUT2D eigenvalue weighted by Crippen LogP contribution is -2.47. The maximum Gasteiger partial charge on any atom is 0.258 e. The summed E-state index contributed by atoms with van der Waals surface area (Å²) in [5, 5.41) is 2.04. The van der Waals surface area contributed by atoms with Gasteiger partial charge in [0.15, 0.2) is 29.1 Å². The number of rotatable bonds is 2. The van der Waals surface area contributed by atoms with E-state index in [0.717, 1.165) is 0 Å². The van der Waals surface area contributed by atoms with Crippen molar-refractivity contribution in [3.8, 4) is 5.75 Å². The lowest BCUT2D eigenvalue weighted by molar-refractivity contribution is 0.0790. The zero-order valence-electron chi connectivity index (χ0n) is 11.9. The van der Waals surface area contributed by atoms with Crippen molar-refractivity contribution >= 4 is 11.7 Å². The van der Waals surface area contributed by atoms with Crippen molar-refractivity contribution in [1.82, 2.24) is 5.32 Å². The van der Waals surface area contributed by atoms with E-state index in [0.29, 0.717) is 5.75 Å². The highest BCUT2D eigenvalue weighted by Crippen LogP contribution is 2.25. The summed E-state index contributed by atoms with van der Waals surface area (Å²) in [6.45, 7) is -0.275. The molecule has 1 atom stereocenters. The van der Waals surface area contributed by atoms with E-state index in [1.165, 1.54) is 6.07 Å². The van der Waals surface area contributed by atoms with E-state index in [2.05, 4.69) is 0 Å². The molecule has 1 aliphatic heterocycles. The Balaban J connectivity index is 1.88. The summed E-state index contributed by atoms with van der Waals surface area (Å²) < 4.78 is 58.9. The largest absolute Gasteiger partial charge is 0.490 e. The zero-order chi connectivity index (χ0) is 17.4. The number of ether oxygens (including phenoxy) is 1. The number of para-hydroxylation sites is 1. The first-order valence-corrected chi connectivity index (χ1v) is 6.80. The van der Waals surface area contributed by atoms with Crippen molar-refractivity contribution in [3.63, 3.8) is 0 Å². The van der Waals surface area contributed by atoms with E-state index in [4.69, 9.17) is 4.74 Å². The van der Waals surface area contributed by atoms with Crippen LogP contribution in [0.1, 0.15) is 20.7 Å². The van der Waals surface area contributed by atoms with E-state index in [1.807, 2.05) is 5.32 Å². The fourth-order valence-corrected chi connectivity index (χ4v) is 2.34. The topological polar surface area (TPSA) is 55.4 Å². The second-order valence-electron chi connectivity index (χ2n) is 5.04. The Kier molecular flexibility index (Phi) is 3.96. The first-order valence-electron chi connectivity index (χ1n) is 6.80. The number of hydrogen-bond donors (Lipinski definition) is 1. The molecular formula is C16H9F4NO3. The predicted octanol–water partition coefficient (Wildman–Crippen LogP) is 2.62. The fourth-order valence-electron chi connectivity index (χ4n) is 2.34.